The third kappa shape index (κ3) is 3.59. The molecule has 0 amide bonds. The van der Waals surface area contributed by atoms with Crippen LogP contribution in [0.2, 0.25) is 0 Å². The van der Waals surface area contributed by atoms with Crippen molar-refractivity contribution in [3.8, 4) is 11.5 Å². The van der Waals surface area contributed by atoms with Crippen LogP contribution in [0.1, 0.15) is 12.5 Å². The Morgan fingerprint density at radius 2 is 2.37 bits per heavy atom. The largest absolute Gasteiger partial charge is 0.504 e. The van der Waals surface area contributed by atoms with Crippen molar-refractivity contribution in [2.24, 2.45) is 5.73 Å². The molecule has 0 aliphatic carbocycles. The number of methoxy groups -OCH3 is 1. The van der Waals surface area contributed by atoms with Crippen LogP contribution in [0.25, 0.3) is 0 Å². The van der Waals surface area contributed by atoms with Crippen LogP contribution < -0.4 is 10.5 Å². The Kier molecular flexibility index (Phi) is 4.63. The van der Waals surface area contributed by atoms with E-state index in [2.05, 4.69) is 4.90 Å². The smallest absolute Gasteiger partial charge is 0.160 e. The second kappa shape index (κ2) is 6.23. The van der Waals surface area contributed by atoms with Crippen molar-refractivity contribution in [3.05, 3.63) is 23.8 Å². The molecule has 5 heteroatoms. The first-order chi connectivity index (χ1) is 9.10. The lowest BCUT2D eigenvalue weighted by Crippen LogP contribution is -2.49. The van der Waals surface area contributed by atoms with Crippen molar-refractivity contribution in [1.82, 2.24) is 4.90 Å². The van der Waals surface area contributed by atoms with Gasteiger partial charge in [0.25, 0.3) is 0 Å². The molecule has 106 valence electrons. The molecule has 1 heterocycles. The van der Waals surface area contributed by atoms with Crippen LogP contribution in [-0.4, -0.2) is 49.0 Å². The highest BCUT2D eigenvalue weighted by Gasteiger charge is 2.23. The highest BCUT2D eigenvalue weighted by atomic mass is 16.5. The lowest BCUT2D eigenvalue weighted by atomic mass is 10.1. The van der Waals surface area contributed by atoms with Gasteiger partial charge in [0.1, 0.15) is 0 Å². The highest BCUT2D eigenvalue weighted by molar-refractivity contribution is 5.41. The average Bonchev–Trinajstić information content (AvgIpc) is 2.41. The Morgan fingerprint density at radius 3 is 3.05 bits per heavy atom. The Labute approximate surface area is 113 Å². The summed E-state index contributed by atoms with van der Waals surface area (Å²) in [6, 6.07) is 5.48. The maximum Gasteiger partial charge on any atom is 0.160 e. The molecular formula is C14H22N2O3. The second-order valence-corrected chi connectivity index (χ2v) is 5.01. The summed E-state index contributed by atoms with van der Waals surface area (Å²) < 4.78 is 10.8. The molecule has 1 aromatic rings. The summed E-state index contributed by atoms with van der Waals surface area (Å²) in [6.45, 7) is 5.22. The monoisotopic (exact) mass is 266 g/mol. The summed E-state index contributed by atoms with van der Waals surface area (Å²) in [7, 11) is 1.56. The molecule has 5 nitrogen and oxygen atoms in total. The van der Waals surface area contributed by atoms with Gasteiger partial charge in [-0.25, -0.2) is 0 Å². The van der Waals surface area contributed by atoms with Gasteiger partial charge in [-0.3, -0.25) is 4.90 Å². The minimum atomic E-state index is 0.0390. The van der Waals surface area contributed by atoms with E-state index in [-0.39, 0.29) is 17.9 Å². The zero-order chi connectivity index (χ0) is 13.8. The van der Waals surface area contributed by atoms with Crippen LogP contribution in [0.3, 0.4) is 0 Å². The summed E-state index contributed by atoms with van der Waals surface area (Å²) in [6.07, 6.45) is 0.0905. The van der Waals surface area contributed by atoms with Gasteiger partial charge < -0.3 is 20.3 Å². The quantitative estimate of drug-likeness (QED) is 0.849. The molecular weight excluding hydrogens is 244 g/mol. The molecule has 1 aliphatic heterocycles. The minimum Gasteiger partial charge on any atom is -0.504 e. The van der Waals surface area contributed by atoms with E-state index in [1.807, 2.05) is 19.1 Å². The molecule has 2 unspecified atom stereocenters. The van der Waals surface area contributed by atoms with E-state index in [1.165, 1.54) is 0 Å². The number of phenolic OH excluding ortho intramolecular Hbond substituents is 1. The fourth-order valence-corrected chi connectivity index (χ4v) is 2.27. The standard InChI is InChI=1S/C14H22N2O3/c1-10(15)14-9-16(5-6-19-14)8-11-3-4-12(17)13(7-11)18-2/h3-4,7,10,14,17H,5-6,8-9,15H2,1-2H3. The van der Waals surface area contributed by atoms with E-state index in [4.69, 9.17) is 15.2 Å². The topological polar surface area (TPSA) is 68.0 Å². The van der Waals surface area contributed by atoms with Crippen molar-refractivity contribution >= 4 is 0 Å². The molecule has 1 aromatic carbocycles. The van der Waals surface area contributed by atoms with Gasteiger partial charge in [-0.1, -0.05) is 6.07 Å². The lowest BCUT2D eigenvalue weighted by molar-refractivity contribution is -0.0403. The first kappa shape index (κ1) is 14.1. The molecule has 0 radical (unpaired) electrons. The number of aromatic hydroxyl groups is 1. The number of hydrogen-bond acceptors (Lipinski definition) is 5. The van der Waals surface area contributed by atoms with Crippen LogP contribution in [0.5, 0.6) is 11.5 Å². The Bertz CT molecular complexity index is 423. The van der Waals surface area contributed by atoms with Crippen molar-refractivity contribution in [2.75, 3.05) is 26.8 Å². The normalized spacial score (nSPS) is 22.2. The number of benzene rings is 1. The molecule has 0 spiro atoms. The highest BCUT2D eigenvalue weighted by Crippen LogP contribution is 2.27. The number of morpholine rings is 1. The number of phenols is 1. The molecule has 19 heavy (non-hydrogen) atoms. The zero-order valence-electron chi connectivity index (χ0n) is 11.5. The number of nitrogens with zero attached hydrogens (tertiary/aromatic N) is 1. The van der Waals surface area contributed by atoms with Crippen LogP contribution in [0, 0.1) is 0 Å². The lowest BCUT2D eigenvalue weighted by Gasteiger charge is -2.34. The van der Waals surface area contributed by atoms with E-state index in [0.717, 1.165) is 25.2 Å². The Hall–Kier alpha value is -1.30. The van der Waals surface area contributed by atoms with E-state index < -0.39 is 0 Å². The number of rotatable bonds is 4. The molecule has 1 aliphatic rings. The first-order valence-electron chi connectivity index (χ1n) is 6.55. The van der Waals surface area contributed by atoms with E-state index >= 15 is 0 Å². The molecule has 2 atom stereocenters. The summed E-state index contributed by atoms with van der Waals surface area (Å²) in [5.74, 6) is 0.677. The van der Waals surface area contributed by atoms with Gasteiger partial charge in [0.05, 0.1) is 19.8 Å². The van der Waals surface area contributed by atoms with Gasteiger partial charge in [0.15, 0.2) is 11.5 Å². The van der Waals surface area contributed by atoms with Gasteiger partial charge in [-0.2, -0.15) is 0 Å². The third-order valence-corrected chi connectivity index (χ3v) is 3.41. The summed E-state index contributed by atoms with van der Waals surface area (Å²) in [5.41, 5.74) is 6.99. The fraction of sp³-hybridized carbons (Fsp3) is 0.571. The SMILES string of the molecule is COc1cc(CN2CCOC(C(C)N)C2)ccc1O. The molecule has 1 saturated heterocycles. The average molecular weight is 266 g/mol. The first-order valence-corrected chi connectivity index (χ1v) is 6.55. The number of hydrogen-bond donors (Lipinski definition) is 2. The van der Waals surface area contributed by atoms with Crippen molar-refractivity contribution in [3.63, 3.8) is 0 Å². The van der Waals surface area contributed by atoms with E-state index in [1.54, 1.807) is 13.2 Å². The van der Waals surface area contributed by atoms with Crippen LogP contribution in [0.15, 0.2) is 18.2 Å². The Morgan fingerprint density at radius 1 is 1.58 bits per heavy atom. The fourth-order valence-electron chi connectivity index (χ4n) is 2.27. The zero-order valence-corrected chi connectivity index (χ0v) is 11.5. The number of nitrogens with two attached hydrogens (primary N) is 1. The minimum absolute atomic E-state index is 0.0390. The molecule has 0 saturated carbocycles. The van der Waals surface area contributed by atoms with Gasteiger partial charge >= 0.3 is 0 Å². The maximum absolute atomic E-state index is 9.58. The summed E-state index contributed by atoms with van der Waals surface area (Å²) in [4.78, 5) is 2.31. The summed E-state index contributed by atoms with van der Waals surface area (Å²) >= 11 is 0. The van der Waals surface area contributed by atoms with Crippen LogP contribution in [0.4, 0.5) is 0 Å². The van der Waals surface area contributed by atoms with Gasteiger partial charge in [-0.05, 0) is 24.6 Å². The maximum atomic E-state index is 9.58. The van der Waals surface area contributed by atoms with Crippen LogP contribution >= 0.6 is 0 Å². The molecule has 2 rings (SSSR count). The van der Waals surface area contributed by atoms with E-state index in [0.29, 0.717) is 12.4 Å². The Balaban J connectivity index is 2.00. The molecule has 0 aromatic heterocycles. The van der Waals surface area contributed by atoms with Gasteiger partial charge in [-0.15, -0.1) is 0 Å². The van der Waals surface area contributed by atoms with Gasteiger partial charge in [0.2, 0.25) is 0 Å². The van der Waals surface area contributed by atoms with Gasteiger partial charge in [0, 0.05) is 25.7 Å². The predicted octanol–water partition coefficient (Wildman–Crippen LogP) is 0.949. The third-order valence-electron chi connectivity index (χ3n) is 3.41. The molecule has 1 fully saturated rings. The van der Waals surface area contributed by atoms with Crippen LogP contribution in [-0.2, 0) is 11.3 Å². The second-order valence-electron chi connectivity index (χ2n) is 5.01. The predicted molar refractivity (Wildman–Crippen MR) is 73.3 cm³/mol. The molecule has 3 N–H and O–H groups in total. The van der Waals surface area contributed by atoms with E-state index in [9.17, 15) is 5.11 Å². The van der Waals surface area contributed by atoms with Crippen molar-refractivity contribution in [1.29, 1.82) is 0 Å². The van der Waals surface area contributed by atoms with Crippen molar-refractivity contribution < 1.29 is 14.6 Å². The van der Waals surface area contributed by atoms with Crippen molar-refractivity contribution in [2.45, 2.75) is 25.6 Å². The summed E-state index contributed by atoms with van der Waals surface area (Å²) in [5, 5.41) is 9.58. The number of ether oxygens (including phenoxy) is 2. The molecule has 0 bridgehead atoms.